The van der Waals surface area contributed by atoms with Gasteiger partial charge >= 0.3 is 0 Å². The fourth-order valence-electron chi connectivity index (χ4n) is 1.69. The molecule has 0 aromatic heterocycles. The van der Waals surface area contributed by atoms with Gasteiger partial charge in [-0.05, 0) is 74.9 Å². The molecule has 0 unspecified atom stereocenters. The van der Waals surface area contributed by atoms with Crippen molar-refractivity contribution in [3.8, 4) is 0 Å². The van der Waals surface area contributed by atoms with E-state index in [1.165, 1.54) is 33.4 Å². The Morgan fingerprint density at radius 1 is 0.385 bits per heavy atom. The summed E-state index contributed by atoms with van der Waals surface area (Å²) in [6.45, 7) is 13.3. The smallest absolute Gasteiger partial charge is 0 e. The Labute approximate surface area is 92.5 Å². The second-order valence-electron chi connectivity index (χ2n) is 3.75. The van der Waals surface area contributed by atoms with E-state index in [4.69, 9.17) is 0 Å². The molecule has 0 aliphatic carbocycles. The van der Waals surface area contributed by atoms with E-state index in [-0.39, 0.29) is 17.4 Å². The van der Waals surface area contributed by atoms with Crippen molar-refractivity contribution in [3.63, 3.8) is 0 Å². The van der Waals surface area contributed by atoms with Crippen LogP contribution in [0.5, 0.6) is 0 Å². The van der Waals surface area contributed by atoms with Crippen LogP contribution in [0.2, 0.25) is 0 Å². The summed E-state index contributed by atoms with van der Waals surface area (Å²) in [5.41, 5.74) is 8.73. The molecule has 0 fully saturated rings. The molecule has 0 radical (unpaired) electrons. The molecular formula is C12H18Cr. The molecule has 0 saturated carbocycles. The summed E-state index contributed by atoms with van der Waals surface area (Å²) in [7, 11) is 0. The molecule has 0 N–H and O–H groups in total. The van der Waals surface area contributed by atoms with Crippen LogP contribution in [-0.4, -0.2) is 0 Å². The Bertz CT molecular complexity index is 219. The predicted octanol–water partition coefficient (Wildman–Crippen LogP) is 3.53. The second kappa shape index (κ2) is 4.31. The molecule has 0 nitrogen and oxygen atoms in total. The zero-order valence-corrected chi connectivity index (χ0v) is 10.7. The quantitative estimate of drug-likeness (QED) is 0.619. The fourth-order valence-corrected chi connectivity index (χ4v) is 1.69. The summed E-state index contributed by atoms with van der Waals surface area (Å²) < 4.78 is 0. The minimum atomic E-state index is 0. The zero-order valence-electron chi connectivity index (χ0n) is 9.41. The molecule has 0 atom stereocenters. The van der Waals surface area contributed by atoms with Crippen molar-refractivity contribution in [2.45, 2.75) is 41.5 Å². The average molecular weight is 214 g/mol. The molecule has 0 aliphatic rings. The molecule has 1 aromatic carbocycles. The first-order valence-electron chi connectivity index (χ1n) is 4.50. The van der Waals surface area contributed by atoms with Crippen molar-refractivity contribution in [2.24, 2.45) is 0 Å². The van der Waals surface area contributed by atoms with Crippen LogP contribution in [-0.2, 0) is 17.4 Å². The van der Waals surface area contributed by atoms with Crippen LogP contribution in [0, 0.1) is 41.5 Å². The van der Waals surface area contributed by atoms with Gasteiger partial charge in [0.1, 0.15) is 0 Å². The van der Waals surface area contributed by atoms with E-state index in [1.54, 1.807) is 0 Å². The molecule has 0 saturated heterocycles. The van der Waals surface area contributed by atoms with Crippen LogP contribution in [0.25, 0.3) is 0 Å². The maximum absolute atomic E-state index is 2.21. The summed E-state index contributed by atoms with van der Waals surface area (Å²) in [5, 5.41) is 0. The molecule has 13 heavy (non-hydrogen) atoms. The number of hydrogen-bond acceptors (Lipinski definition) is 0. The van der Waals surface area contributed by atoms with Crippen molar-refractivity contribution in [1.29, 1.82) is 0 Å². The van der Waals surface area contributed by atoms with Gasteiger partial charge in [0.2, 0.25) is 0 Å². The second-order valence-corrected chi connectivity index (χ2v) is 3.75. The molecule has 0 aliphatic heterocycles. The van der Waals surface area contributed by atoms with Gasteiger partial charge in [0.25, 0.3) is 0 Å². The molecule has 0 amide bonds. The van der Waals surface area contributed by atoms with E-state index in [0.717, 1.165) is 0 Å². The molecule has 1 heteroatoms. The molecule has 0 bridgehead atoms. The Morgan fingerprint density at radius 3 is 0.538 bits per heavy atom. The summed E-state index contributed by atoms with van der Waals surface area (Å²) in [5.74, 6) is 0. The molecule has 1 rings (SSSR count). The first kappa shape index (κ1) is 12.8. The number of rotatable bonds is 0. The van der Waals surface area contributed by atoms with Gasteiger partial charge < -0.3 is 0 Å². The maximum atomic E-state index is 2.21. The van der Waals surface area contributed by atoms with Crippen LogP contribution in [0.1, 0.15) is 33.4 Å². The van der Waals surface area contributed by atoms with Crippen molar-refractivity contribution in [1.82, 2.24) is 0 Å². The van der Waals surface area contributed by atoms with Crippen molar-refractivity contribution in [2.75, 3.05) is 0 Å². The normalized spacial score (nSPS) is 9.69. The molecule has 1 aromatic rings. The van der Waals surface area contributed by atoms with E-state index in [2.05, 4.69) is 41.5 Å². The van der Waals surface area contributed by atoms with Crippen molar-refractivity contribution < 1.29 is 17.4 Å². The average Bonchev–Trinajstić information content (AvgIpc) is 2.08. The summed E-state index contributed by atoms with van der Waals surface area (Å²) in [6, 6.07) is 0. The van der Waals surface area contributed by atoms with Crippen LogP contribution >= 0.6 is 0 Å². The van der Waals surface area contributed by atoms with Gasteiger partial charge in [0.15, 0.2) is 0 Å². The third-order valence-corrected chi connectivity index (χ3v) is 3.38. The van der Waals surface area contributed by atoms with Gasteiger partial charge in [-0.2, -0.15) is 0 Å². The maximum Gasteiger partial charge on any atom is 0 e. The Morgan fingerprint density at radius 2 is 0.462 bits per heavy atom. The van der Waals surface area contributed by atoms with E-state index in [0.29, 0.717) is 0 Å². The molecule has 0 spiro atoms. The molecule has 72 valence electrons. The van der Waals surface area contributed by atoms with E-state index in [9.17, 15) is 0 Å². The van der Waals surface area contributed by atoms with Crippen LogP contribution < -0.4 is 0 Å². The minimum Gasteiger partial charge on any atom is -0.0447 e. The summed E-state index contributed by atoms with van der Waals surface area (Å²) in [6.07, 6.45) is 0. The van der Waals surface area contributed by atoms with Crippen molar-refractivity contribution >= 4 is 0 Å². The first-order valence-corrected chi connectivity index (χ1v) is 4.50. The molecular weight excluding hydrogens is 196 g/mol. The summed E-state index contributed by atoms with van der Waals surface area (Å²) in [4.78, 5) is 0. The monoisotopic (exact) mass is 214 g/mol. The third-order valence-electron chi connectivity index (χ3n) is 3.38. The van der Waals surface area contributed by atoms with Crippen molar-refractivity contribution in [3.05, 3.63) is 33.4 Å². The fraction of sp³-hybridized carbons (Fsp3) is 0.500. The number of hydrogen-bond donors (Lipinski definition) is 0. The van der Waals surface area contributed by atoms with Crippen LogP contribution in [0.4, 0.5) is 0 Å². The van der Waals surface area contributed by atoms with Gasteiger partial charge in [0, 0.05) is 17.4 Å². The minimum absolute atomic E-state index is 0. The van der Waals surface area contributed by atoms with Gasteiger partial charge in [-0.15, -0.1) is 0 Å². The Balaban J connectivity index is 0.00000144. The standard InChI is InChI=1S/C12H18.Cr/c1-7-8(2)10(4)12(6)11(5)9(7)3;/h1-6H3;. The topological polar surface area (TPSA) is 0 Å². The van der Waals surface area contributed by atoms with Gasteiger partial charge in [-0.1, -0.05) is 0 Å². The predicted molar refractivity (Wildman–Crippen MR) is 54.9 cm³/mol. The molecule has 0 heterocycles. The van der Waals surface area contributed by atoms with Crippen LogP contribution in [0.15, 0.2) is 0 Å². The third kappa shape index (κ3) is 1.98. The Hall–Kier alpha value is -0.248. The Kier molecular flexibility index (Phi) is 4.23. The van der Waals surface area contributed by atoms with E-state index >= 15 is 0 Å². The SMILES string of the molecule is Cc1c(C)c(C)c(C)c(C)c1C.[Cr]. The zero-order chi connectivity index (χ0) is 9.46. The van der Waals surface area contributed by atoms with E-state index in [1.807, 2.05) is 0 Å². The summed E-state index contributed by atoms with van der Waals surface area (Å²) >= 11 is 0. The first-order chi connectivity index (χ1) is 5.46. The van der Waals surface area contributed by atoms with Gasteiger partial charge in [-0.3, -0.25) is 0 Å². The van der Waals surface area contributed by atoms with E-state index < -0.39 is 0 Å². The van der Waals surface area contributed by atoms with Gasteiger partial charge in [0.05, 0.1) is 0 Å². The largest absolute Gasteiger partial charge is 0.0447 e. The van der Waals surface area contributed by atoms with Gasteiger partial charge in [-0.25, -0.2) is 0 Å². The number of benzene rings is 1. The van der Waals surface area contributed by atoms with Crippen LogP contribution in [0.3, 0.4) is 0 Å².